The van der Waals surface area contributed by atoms with E-state index in [-0.39, 0.29) is 18.0 Å². The average Bonchev–Trinajstić information content (AvgIpc) is 3.07. The molecule has 0 spiro atoms. The van der Waals surface area contributed by atoms with Gasteiger partial charge in [0.15, 0.2) is 0 Å². The van der Waals surface area contributed by atoms with E-state index in [9.17, 15) is 9.59 Å². The van der Waals surface area contributed by atoms with E-state index >= 15 is 0 Å². The monoisotopic (exact) mass is 419 g/mol. The van der Waals surface area contributed by atoms with Gasteiger partial charge in [-0.25, -0.2) is 4.79 Å². The van der Waals surface area contributed by atoms with Crippen LogP contribution in [0.2, 0.25) is 5.02 Å². The summed E-state index contributed by atoms with van der Waals surface area (Å²) < 4.78 is 0. The van der Waals surface area contributed by atoms with E-state index in [0.717, 1.165) is 23.2 Å². The molecule has 1 aliphatic heterocycles. The maximum atomic E-state index is 13.1. The molecule has 0 bridgehead atoms. The molecule has 0 radical (unpaired) electrons. The third-order valence-corrected chi connectivity index (χ3v) is 5.38. The first kappa shape index (κ1) is 20.0. The lowest BCUT2D eigenvalue weighted by Crippen LogP contribution is -2.35. The van der Waals surface area contributed by atoms with Gasteiger partial charge in [0.05, 0.1) is 0 Å². The van der Waals surface area contributed by atoms with Crippen LogP contribution in [0.3, 0.4) is 0 Å². The number of carbonyl (C=O) groups is 2. The Balaban J connectivity index is 1.46. The predicted octanol–water partition coefficient (Wildman–Crippen LogP) is 5.25. The number of nitrogens with one attached hydrogen (secondary N) is 2. The van der Waals surface area contributed by atoms with Crippen molar-refractivity contribution in [1.29, 1.82) is 0 Å². The number of urea groups is 1. The van der Waals surface area contributed by atoms with E-state index in [1.54, 1.807) is 24.3 Å². The Bertz CT molecular complexity index is 1080. The van der Waals surface area contributed by atoms with E-state index in [0.29, 0.717) is 22.8 Å². The summed E-state index contributed by atoms with van der Waals surface area (Å²) in [6.45, 7) is 2.40. The third-order valence-electron chi connectivity index (χ3n) is 5.14. The molecule has 2 N–H and O–H groups in total. The molecule has 1 aliphatic rings. The van der Waals surface area contributed by atoms with Gasteiger partial charge in [0.25, 0.3) is 5.91 Å². The zero-order chi connectivity index (χ0) is 21.1. The number of amides is 3. The molecule has 0 fully saturated rings. The van der Waals surface area contributed by atoms with Crippen LogP contribution >= 0.6 is 11.6 Å². The molecular weight excluding hydrogens is 398 g/mol. The Hall–Kier alpha value is -3.31. The minimum Gasteiger partial charge on any atom is -0.334 e. The lowest BCUT2D eigenvalue weighted by atomic mass is 10.1. The second kappa shape index (κ2) is 8.59. The SMILES string of the molecule is C[C@H]1Cc2ccc(CNC(=O)Nc3cccc(Cl)c3)cc2N1C(=O)c1ccccc1. The molecule has 0 aromatic heterocycles. The first-order valence-corrected chi connectivity index (χ1v) is 10.2. The third kappa shape index (κ3) is 4.31. The fourth-order valence-electron chi connectivity index (χ4n) is 3.72. The van der Waals surface area contributed by atoms with E-state index in [1.807, 2.05) is 53.4 Å². The van der Waals surface area contributed by atoms with Crippen molar-refractivity contribution < 1.29 is 9.59 Å². The Kier molecular flexibility index (Phi) is 5.72. The molecule has 3 aromatic carbocycles. The second-order valence-corrected chi connectivity index (χ2v) is 7.81. The normalized spacial score (nSPS) is 14.9. The van der Waals surface area contributed by atoms with Gasteiger partial charge in [-0.05, 0) is 60.9 Å². The van der Waals surface area contributed by atoms with Crippen molar-refractivity contribution >= 4 is 34.9 Å². The van der Waals surface area contributed by atoms with Crippen molar-refractivity contribution in [1.82, 2.24) is 5.32 Å². The zero-order valence-corrected chi connectivity index (χ0v) is 17.3. The molecule has 3 amide bonds. The van der Waals surface area contributed by atoms with E-state index < -0.39 is 0 Å². The predicted molar refractivity (Wildman–Crippen MR) is 120 cm³/mol. The van der Waals surface area contributed by atoms with Crippen molar-refractivity contribution in [3.05, 3.63) is 94.5 Å². The summed E-state index contributed by atoms with van der Waals surface area (Å²) in [5.41, 5.74) is 4.27. The van der Waals surface area contributed by atoms with E-state index in [4.69, 9.17) is 11.6 Å². The number of rotatable bonds is 4. The van der Waals surface area contributed by atoms with Gasteiger partial charge in [-0.2, -0.15) is 0 Å². The fourth-order valence-corrected chi connectivity index (χ4v) is 3.91. The van der Waals surface area contributed by atoms with Crippen LogP contribution in [-0.4, -0.2) is 18.0 Å². The minimum atomic E-state index is -0.316. The Morgan fingerprint density at radius 3 is 2.60 bits per heavy atom. The summed E-state index contributed by atoms with van der Waals surface area (Å²) in [4.78, 5) is 27.1. The van der Waals surface area contributed by atoms with Gasteiger partial charge in [-0.1, -0.05) is 48.0 Å². The molecule has 6 heteroatoms. The Morgan fingerprint density at radius 1 is 1.03 bits per heavy atom. The van der Waals surface area contributed by atoms with Crippen molar-refractivity contribution in [3.63, 3.8) is 0 Å². The number of benzene rings is 3. The highest BCUT2D eigenvalue weighted by Crippen LogP contribution is 2.34. The number of halogens is 1. The Labute approximate surface area is 180 Å². The molecule has 5 nitrogen and oxygen atoms in total. The number of fused-ring (bicyclic) bond motifs is 1. The van der Waals surface area contributed by atoms with Crippen LogP contribution in [0.15, 0.2) is 72.8 Å². The maximum Gasteiger partial charge on any atom is 0.319 e. The first-order valence-electron chi connectivity index (χ1n) is 9.82. The van der Waals surface area contributed by atoms with Crippen LogP contribution < -0.4 is 15.5 Å². The number of anilines is 2. The van der Waals surface area contributed by atoms with Gasteiger partial charge < -0.3 is 15.5 Å². The second-order valence-electron chi connectivity index (χ2n) is 7.38. The first-order chi connectivity index (χ1) is 14.5. The highest BCUT2D eigenvalue weighted by atomic mass is 35.5. The maximum absolute atomic E-state index is 13.1. The molecule has 3 aromatic rings. The average molecular weight is 420 g/mol. The van der Waals surface area contributed by atoms with Gasteiger partial charge in [0.2, 0.25) is 0 Å². The van der Waals surface area contributed by atoms with E-state index in [2.05, 4.69) is 17.6 Å². The number of nitrogens with zero attached hydrogens (tertiary/aromatic N) is 1. The van der Waals surface area contributed by atoms with Crippen molar-refractivity contribution in [2.24, 2.45) is 0 Å². The van der Waals surface area contributed by atoms with Crippen molar-refractivity contribution in [2.45, 2.75) is 25.9 Å². The molecule has 0 saturated heterocycles. The Morgan fingerprint density at radius 2 is 1.83 bits per heavy atom. The van der Waals surface area contributed by atoms with Crippen molar-refractivity contribution in [3.8, 4) is 0 Å². The minimum absolute atomic E-state index is 0.00865. The molecule has 4 rings (SSSR count). The molecule has 1 atom stereocenters. The summed E-state index contributed by atoms with van der Waals surface area (Å²) in [5.74, 6) is -0.00865. The summed E-state index contributed by atoms with van der Waals surface area (Å²) in [7, 11) is 0. The smallest absolute Gasteiger partial charge is 0.319 e. The molecule has 1 heterocycles. The highest BCUT2D eigenvalue weighted by molar-refractivity contribution is 6.30. The fraction of sp³-hybridized carbons (Fsp3) is 0.167. The molecule has 0 saturated carbocycles. The van der Waals surface area contributed by atoms with Crippen LogP contribution in [0.25, 0.3) is 0 Å². The number of hydrogen-bond acceptors (Lipinski definition) is 2. The quantitative estimate of drug-likeness (QED) is 0.606. The molecular formula is C24H22ClN3O2. The van der Waals surface area contributed by atoms with Gasteiger partial charge in [0.1, 0.15) is 0 Å². The van der Waals surface area contributed by atoms with Gasteiger partial charge in [-0.15, -0.1) is 0 Å². The zero-order valence-electron chi connectivity index (χ0n) is 16.6. The molecule has 152 valence electrons. The lowest BCUT2D eigenvalue weighted by Gasteiger charge is -2.23. The van der Waals surface area contributed by atoms with Gasteiger partial charge in [0, 0.05) is 34.5 Å². The van der Waals surface area contributed by atoms with Crippen LogP contribution in [0.4, 0.5) is 16.2 Å². The largest absolute Gasteiger partial charge is 0.334 e. The van der Waals surface area contributed by atoms with Gasteiger partial charge >= 0.3 is 6.03 Å². The van der Waals surface area contributed by atoms with Crippen molar-refractivity contribution in [2.75, 3.05) is 10.2 Å². The standard InChI is InChI=1S/C24H22ClN3O2/c1-16-12-19-11-10-17(15-26-24(30)27-21-9-5-8-20(25)14-21)13-22(19)28(16)23(29)18-6-3-2-4-7-18/h2-11,13-14,16H,12,15H2,1H3,(H2,26,27,30)/t16-/m0/s1. The van der Waals surface area contributed by atoms with E-state index in [1.165, 1.54) is 0 Å². The topological polar surface area (TPSA) is 61.4 Å². The van der Waals surface area contributed by atoms with Crippen LogP contribution in [0.1, 0.15) is 28.4 Å². The van der Waals surface area contributed by atoms with Crippen LogP contribution in [0, 0.1) is 0 Å². The lowest BCUT2D eigenvalue weighted by molar-refractivity contribution is 0.0981. The number of hydrogen-bond donors (Lipinski definition) is 2. The van der Waals surface area contributed by atoms with Crippen LogP contribution in [0.5, 0.6) is 0 Å². The summed E-state index contributed by atoms with van der Waals surface area (Å²) >= 11 is 5.95. The van der Waals surface area contributed by atoms with Gasteiger partial charge in [-0.3, -0.25) is 4.79 Å². The van der Waals surface area contributed by atoms with Crippen LogP contribution in [-0.2, 0) is 13.0 Å². The highest BCUT2D eigenvalue weighted by Gasteiger charge is 2.31. The molecule has 0 aliphatic carbocycles. The number of carbonyl (C=O) groups excluding carboxylic acids is 2. The molecule has 30 heavy (non-hydrogen) atoms. The summed E-state index contributed by atoms with van der Waals surface area (Å²) in [6, 6.07) is 22.1. The summed E-state index contributed by atoms with van der Waals surface area (Å²) in [5, 5.41) is 6.17. The summed E-state index contributed by atoms with van der Waals surface area (Å²) in [6.07, 6.45) is 0.816. The molecule has 0 unspecified atom stereocenters.